The van der Waals surface area contributed by atoms with E-state index in [1.54, 1.807) is 0 Å². The highest BCUT2D eigenvalue weighted by Gasteiger charge is 2.14. The Morgan fingerprint density at radius 2 is 1.65 bits per heavy atom. The average Bonchev–Trinajstić information content (AvgIpc) is 3.04. The summed E-state index contributed by atoms with van der Waals surface area (Å²) in [6.45, 7) is 0. The van der Waals surface area contributed by atoms with Crippen molar-refractivity contribution in [2.24, 2.45) is 5.84 Å². The van der Waals surface area contributed by atoms with Crippen molar-refractivity contribution < 1.29 is 0 Å². The van der Waals surface area contributed by atoms with E-state index in [0.717, 1.165) is 11.3 Å². The van der Waals surface area contributed by atoms with Gasteiger partial charge in [-0.1, -0.05) is 59.1 Å². The van der Waals surface area contributed by atoms with Gasteiger partial charge in [-0.05, 0) is 28.2 Å². The molecule has 0 aliphatic heterocycles. The summed E-state index contributed by atoms with van der Waals surface area (Å²) in [6, 6.07) is 18.5. The second-order valence-electron chi connectivity index (χ2n) is 4.42. The van der Waals surface area contributed by atoms with E-state index in [2.05, 4.69) is 51.4 Å². The average molecular weight is 282 g/mol. The molecule has 0 aliphatic rings. The Kier molecular flexibility index (Phi) is 3.83. The molecule has 0 spiro atoms. The van der Waals surface area contributed by atoms with Crippen LogP contribution in [0.2, 0.25) is 0 Å². The molecule has 20 heavy (non-hydrogen) atoms. The number of rotatable bonds is 4. The Balaban J connectivity index is 1.89. The standard InChI is InChI=1S/C15H14N4S/c16-17-15(14-10-20-19-18-14)13-8-6-12(7-9-13)11-4-2-1-3-5-11/h1-10,15,17H,16H2. The number of nitrogens with two attached hydrogens (primary N) is 1. The number of hydrogen-bond acceptors (Lipinski definition) is 5. The van der Waals surface area contributed by atoms with Crippen LogP contribution in [0.1, 0.15) is 17.3 Å². The van der Waals surface area contributed by atoms with Crippen LogP contribution in [0.25, 0.3) is 11.1 Å². The summed E-state index contributed by atoms with van der Waals surface area (Å²) in [6.07, 6.45) is 0. The van der Waals surface area contributed by atoms with Crippen LogP contribution in [-0.2, 0) is 0 Å². The van der Waals surface area contributed by atoms with Gasteiger partial charge >= 0.3 is 0 Å². The van der Waals surface area contributed by atoms with Crippen molar-refractivity contribution in [3.05, 3.63) is 71.2 Å². The smallest absolute Gasteiger partial charge is 0.0983 e. The molecular formula is C15H14N4S. The van der Waals surface area contributed by atoms with Gasteiger partial charge in [-0.25, -0.2) is 5.43 Å². The Bertz CT molecular complexity index is 650. The Hall–Kier alpha value is -2.08. The molecule has 5 heteroatoms. The molecule has 0 radical (unpaired) electrons. The van der Waals surface area contributed by atoms with Crippen LogP contribution in [0.3, 0.4) is 0 Å². The Morgan fingerprint density at radius 1 is 0.950 bits per heavy atom. The van der Waals surface area contributed by atoms with E-state index in [1.165, 1.54) is 22.7 Å². The van der Waals surface area contributed by atoms with Crippen LogP contribution in [0.5, 0.6) is 0 Å². The van der Waals surface area contributed by atoms with Gasteiger partial charge in [0.05, 0.1) is 11.7 Å². The van der Waals surface area contributed by atoms with Crippen LogP contribution in [0.15, 0.2) is 60.0 Å². The van der Waals surface area contributed by atoms with Gasteiger partial charge in [0.2, 0.25) is 0 Å². The van der Waals surface area contributed by atoms with Crippen molar-refractivity contribution in [2.75, 3.05) is 0 Å². The minimum absolute atomic E-state index is 0.126. The number of benzene rings is 2. The summed E-state index contributed by atoms with van der Waals surface area (Å²) in [5.41, 5.74) is 7.07. The topological polar surface area (TPSA) is 63.8 Å². The van der Waals surface area contributed by atoms with Gasteiger partial charge < -0.3 is 0 Å². The lowest BCUT2D eigenvalue weighted by molar-refractivity contribution is 0.619. The zero-order valence-electron chi connectivity index (χ0n) is 10.7. The maximum absolute atomic E-state index is 5.63. The van der Waals surface area contributed by atoms with Gasteiger partial charge in [0, 0.05) is 5.38 Å². The minimum Gasteiger partial charge on any atom is -0.271 e. The number of nitrogens with zero attached hydrogens (tertiary/aromatic N) is 2. The van der Waals surface area contributed by atoms with Gasteiger partial charge in [0.1, 0.15) is 0 Å². The van der Waals surface area contributed by atoms with E-state index in [1.807, 2.05) is 23.6 Å². The monoisotopic (exact) mass is 282 g/mol. The first-order chi connectivity index (χ1) is 9.88. The van der Waals surface area contributed by atoms with Crippen LogP contribution in [0.4, 0.5) is 0 Å². The van der Waals surface area contributed by atoms with E-state index in [-0.39, 0.29) is 6.04 Å². The van der Waals surface area contributed by atoms with E-state index < -0.39 is 0 Å². The predicted octanol–water partition coefficient (Wildman–Crippen LogP) is 2.76. The summed E-state index contributed by atoms with van der Waals surface area (Å²) >= 11 is 1.32. The molecule has 1 aromatic heterocycles. The first-order valence-corrected chi connectivity index (χ1v) is 7.10. The third-order valence-electron chi connectivity index (χ3n) is 3.19. The highest BCUT2D eigenvalue weighted by molar-refractivity contribution is 7.03. The third-order valence-corrected chi connectivity index (χ3v) is 3.71. The summed E-state index contributed by atoms with van der Waals surface area (Å²) < 4.78 is 3.88. The van der Waals surface area contributed by atoms with Gasteiger partial charge in [-0.2, -0.15) is 0 Å². The molecule has 3 rings (SSSR count). The van der Waals surface area contributed by atoms with Crippen LogP contribution >= 0.6 is 11.5 Å². The lowest BCUT2D eigenvalue weighted by atomic mass is 10.00. The van der Waals surface area contributed by atoms with Crippen molar-refractivity contribution in [1.82, 2.24) is 15.0 Å². The maximum atomic E-state index is 5.63. The van der Waals surface area contributed by atoms with Crippen molar-refractivity contribution >= 4 is 11.5 Å². The second-order valence-corrected chi connectivity index (χ2v) is 5.03. The molecule has 3 N–H and O–H groups in total. The summed E-state index contributed by atoms with van der Waals surface area (Å²) in [7, 11) is 0. The zero-order valence-corrected chi connectivity index (χ0v) is 11.5. The highest BCUT2D eigenvalue weighted by Crippen LogP contribution is 2.24. The summed E-state index contributed by atoms with van der Waals surface area (Å²) in [5.74, 6) is 5.63. The van der Waals surface area contributed by atoms with Crippen LogP contribution < -0.4 is 11.3 Å². The fraction of sp³-hybridized carbons (Fsp3) is 0.0667. The molecular weight excluding hydrogens is 268 g/mol. The first-order valence-electron chi connectivity index (χ1n) is 6.27. The quantitative estimate of drug-likeness (QED) is 0.570. The van der Waals surface area contributed by atoms with E-state index in [0.29, 0.717) is 0 Å². The molecule has 100 valence electrons. The fourth-order valence-electron chi connectivity index (χ4n) is 2.15. The van der Waals surface area contributed by atoms with E-state index >= 15 is 0 Å². The molecule has 0 saturated heterocycles. The molecule has 2 aromatic carbocycles. The number of aromatic nitrogens is 2. The molecule has 3 aromatic rings. The largest absolute Gasteiger partial charge is 0.271 e. The second kappa shape index (κ2) is 5.92. The van der Waals surface area contributed by atoms with E-state index in [4.69, 9.17) is 5.84 Å². The van der Waals surface area contributed by atoms with Crippen molar-refractivity contribution in [1.29, 1.82) is 0 Å². The SMILES string of the molecule is NNC(c1ccc(-c2ccccc2)cc1)c1csnn1. The molecule has 0 fully saturated rings. The molecule has 1 unspecified atom stereocenters. The predicted molar refractivity (Wildman–Crippen MR) is 81.0 cm³/mol. The Morgan fingerprint density at radius 3 is 2.25 bits per heavy atom. The molecule has 0 saturated carbocycles. The van der Waals surface area contributed by atoms with Gasteiger partial charge in [0.15, 0.2) is 0 Å². The normalized spacial score (nSPS) is 12.2. The molecule has 1 heterocycles. The lowest BCUT2D eigenvalue weighted by Crippen LogP contribution is -2.29. The molecule has 0 aliphatic carbocycles. The number of hydrogen-bond donors (Lipinski definition) is 2. The van der Waals surface area contributed by atoms with Crippen LogP contribution in [0, 0.1) is 0 Å². The van der Waals surface area contributed by atoms with Gasteiger partial charge in [0.25, 0.3) is 0 Å². The highest BCUT2D eigenvalue weighted by atomic mass is 32.1. The first kappa shape index (κ1) is 12.9. The van der Waals surface area contributed by atoms with Gasteiger partial charge in [-0.3, -0.25) is 5.84 Å². The third kappa shape index (κ3) is 2.60. The molecule has 0 bridgehead atoms. The van der Waals surface area contributed by atoms with Crippen molar-refractivity contribution in [3.8, 4) is 11.1 Å². The number of hydrazine groups is 1. The Labute approximate surface area is 121 Å². The summed E-state index contributed by atoms with van der Waals surface area (Å²) in [5, 5.41) is 5.97. The number of nitrogens with one attached hydrogen (secondary N) is 1. The molecule has 1 atom stereocenters. The van der Waals surface area contributed by atoms with Crippen molar-refractivity contribution in [3.63, 3.8) is 0 Å². The zero-order chi connectivity index (χ0) is 13.8. The van der Waals surface area contributed by atoms with E-state index in [9.17, 15) is 0 Å². The molecule has 0 amide bonds. The fourth-order valence-corrected chi connectivity index (χ4v) is 2.63. The van der Waals surface area contributed by atoms with Crippen molar-refractivity contribution in [2.45, 2.75) is 6.04 Å². The van der Waals surface area contributed by atoms with Crippen LogP contribution in [-0.4, -0.2) is 9.59 Å². The minimum atomic E-state index is -0.126. The maximum Gasteiger partial charge on any atom is 0.0983 e. The lowest BCUT2D eigenvalue weighted by Gasteiger charge is -2.14. The van der Waals surface area contributed by atoms with Gasteiger partial charge in [-0.15, -0.1) is 5.10 Å². The molecule has 4 nitrogen and oxygen atoms in total. The summed E-state index contributed by atoms with van der Waals surface area (Å²) in [4.78, 5) is 0.